The highest BCUT2D eigenvalue weighted by Crippen LogP contribution is 2.32. The van der Waals surface area contributed by atoms with E-state index in [2.05, 4.69) is 22.8 Å². The van der Waals surface area contributed by atoms with Crippen LogP contribution >= 0.6 is 0 Å². The van der Waals surface area contributed by atoms with Gasteiger partial charge in [0.25, 0.3) is 5.91 Å². The van der Waals surface area contributed by atoms with E-state index < -0.39 is 6.03 Å². The molecule has 5 nitrogen and oxygen atoms in total. The average Bonchev–Trinajstić information content (AvgIpc) is 2.62. The van der Waals surface area contributed by atoms with E-state index >= 15 is 0 Å². The molecule has 1 aliphatic carbocycles. The SMILES string of the molecule is NC(=O)Nc1cccc(NC(=O)c2ccc(C3CCCCC3)cc2)c1. The first kappa shape index (κ1) is 17.0. The fourth-order valence-electron chi connectivity index (χ4n) is 3.36. The molecule has 4 N–H and O–H groups in total. The fourth-order valence-corrected chi connectivity index (χ4v) is 3.36. The highest BCUT2D eigenvalue weighted by atomic mass is 16.2. The monoisotopic (exact) mass is 337 g/mol. The van der Waals surface area contributed by atoms with Crippen LogP contribution in [0.2, 0.25) is 0 Å². The highest BCUT2D eigenvalue weighted by Gasteiger charge is 2.16. The topological polar surface area (TPSA) is 84.2 Å². The molecule has 2 aromatic carbocycles. The van der Waals surface area contributed by atoms with Gasteiger partial charge in [0.05, 0.1) is 0 Å². The van der Waals surface area contributed by atoms with Crippen LogP contribution in [0.3, 0.4) is 0 Å². The Morgan fingerprint density at radius 1 is 0.880 bits per heavy atom. The average molecular weight is 337 g/mol. The molecule has 0 heterocycles. The van der Waals surface area contributed by atoms with Gasteiger partial charge in [-0.25, -0.2) is 4.79 Å². The van der Waals surface area contributed by atoms with Crippen molar-refractivity contribution in [2.24, 2.45) is 5.73 Å². The summed E-state index contributed by atoms with van der Waals surface area (Å²) in [7, 11) is 0. The van der Waals surface area contributed by atoms with Gasteiger partial charge in [0.2, 0.25) is 0 Å². The van der Waals surface area contributed by atoms with Gasteiger partial charge in [0.1, 0.15) is 0 Å². The third kappa shape index (κ3) is 4.59. The summed E-state index contributed by atoms with van der Waals surface area (Å²) in [6.45, 7) is 0. The van der Waals surface area contributed by atoms with Crippen molar-refractivity contribution in [1.82, 2.24) is 0 Å². The maximum Gasteiger partial charge on any atom is 0.316 e. The molecule has 3 rings (SSSR count). The standard InChI is InChI=1S/C20H23N3O2/c21-20(25)23-18-8-4-7-17(13-18)22-19(24)16-11-9-15(10-12-16)14-5-2-1-3-6-14/h4,7-14H,1-3,5-6H2,(H,22,24)(H3,21,23,25). The zero-order chi connectivity index (χ0) is 17.6. The summed E-state index contributed by atoms with van der Waals surface area (Å²) >= 11 is 0. The molecule has 0 saturated heterocycles. The molecule has 25 heavy (non-hydrogen) atoms. The van der Waals surface area contributed by atoms with E-state index in [0.29, 0.717) is 22.9 Å². The van der Waals surface area contributed by atoms with E-state index in [1.165, 1.54) is 37.7 Å². The lowest BCUT2D eigenvalue weighted by molar-refractivity contribution is 0.102. The van der Waals surface area contributed by atoms with Crippen molar-refractivity contribution in [1.29, 1.82) is 0 Å². The Balaban J connectivity index is 1.65. The summed E-state index contributed by atoms with van der Waals surface area (Å²) in [6, 6.07) is 14.1. The van der Waals surface area contributed by atoms with Crippen LogP contribution in [-0.2, 0) is 0 Å². The minimum absolute atomic E-state index is 0.175. The predicted octanol–water partition coefficient (Wildman–Crippen LogP) is 4.48. The lowest BCUT2D eigenvalue weighted by Crippen LogP contribution is -2.19. The molecule has 5 heteroatoms. The molecular formula is C20H23N3O2. The molecule has 1 fully saturated rings. The zero-order valence-corrected chi connectivity index (χ0v) is 14.1. The summed E-state index contributed by atoms with van der Waals surface area (Å²) in [6.07, 6.45) is 6.40. The molecule has 1 saturated carbocycles. The summed E-state index contributed by atoms with van der Waals surface area (Å²) in [5.41, 5.74) is 8.19. The molecule has 0 bridgehead atoms. The van der Waals surface area contributed by atoms with Gasteiger partial charge < -0.3 is 16.4 Å². The lowest BCUT2D eigenvalue weighted by Gasteiger charge is -2.22. The van der Waals surface area contributed by atoms with E-state index in [1.807, 2.05) is 12.1 Å². The van der Waals surface area contributed by atoms with E-state index in [1.54, 1.807) is 24.3 Å². The third-order valence-electron chi connectivity index (χ3n) is 4.64. The van der Waals surface area contributed by atoms with Gasteiger partial charge in [-0.3, -0.25) is 4.79 Å². The maximum absolute atomic E-state index is 12.4. The van der Waals surface area contributed by atoms with Crippen molar-refractivity contribution in [2.45, 2.75) is 38.0 Å². The first-order valence-electron chi connectivity index (χ1n) is 8.69. The molecule has 0 aliphatic heterocycles. The van der Waals surface area contributed by atoms with Crippen LogP contribution in [0.25, 0.3) is 0 Å². The number of carbonyl (C=O) groups excluding carboxylic acids is 2. The van der Waals surface area contributed by atoms with Gasteiger partial charge in [0, 0.05) is 16.9 Å². The van der Waals surface area contributed by atoms with Gasteiger partial charge in [-0.1, -0.05) is 37.5 Å². The van der Waals surface area contributed by atoms with Crippen LogP contribution in [0.1, 0.15) is 53.9 Å². The number of nitrogens with two attached hydrogens (primary N) is 1. The number of hydrogen-bond donors (Lipinski definition) is 3. The smallest absolute Gasteiger partial charge is 0.316 e. The van der Waals surface area contributed by atoms with Gasteiger partial charge in [0.15, 0.2) is 0 Å². The lowest BCUT2D eigenvalue weighted by atomic mass is 9.84. The van der Waals surface area contributed by atoms with Crippen molar-refractivity contribution in [3.05, 3.63) is 59.7 Å². The highest BCUT2D eigenvalue weighted by molar-refractivity contribution is 6.04. The molecule has 1 aliphatic rings. The molecule has 0 atom stereocenters. The minimum Gasteiger partial charge on any atom is -0.351 e. The number of benzene rings is 2. The van der Waals surface area contributed by atoms with Gasteiger partial charge in [-0.2, -0.15) is 0 Å². The molecule has 0 unspecified atom stereocenters. The Kier molecular flexibility index (Phi) is 5.33. The molecule has 0 radical (unpaired) electrons. The van der Waals surface area contributed by atoms with Crippen molar-refractivity contribution < 1.29 is 9.59 Å². The molecule has 2 aromatic rings. The van der Waals surface area contributed by atoms with Gasteiger partial charge in [-0.05, 0) is 54.7 Å². The van der Waals surface area contributed by atoms with Crippen LogP contribution in [0.5, 0.6) is 0 Å². The summed E-state index contributed by atoms with van der Waals surface area (Å²) in [5, 5.41) is 5.33. The van der Waals surface area contributed by atoms with Crippen molar-refractivity contribution >= 4 is 23.3 Å². The minimum atomic E-state index is -0.637. The van der Waals surface area contributed by atoms with E-state index in [4.69, 9.17) is 5.73 Å². The maximum atomic E-state index is 12.4. The Hall–Kier alpha value is -2.82. The van der Waals surface area contributed by atoms with Crippen molar-refractivity contribution in [3.63, 3.8) is 0 Å². The Labute approximate surface area is 147 Å². The van der Waals surface area contributed by atoms with Crippen molar-refractivity contribution in [3.8, 4) is 0 Å². The Bertz CT molecular complexity index is 750. The predicted molar refractivity (Wildman–Crippen MR) is 99.9 cm³/mol. The van der Waals surface area contributed by atoms with Gasteiger partial charge in [-0.15, -0.1) is 0 Å². The Morgan fingerprint density at radius 3 is 2.16 bits per heavy atom. The molecule has 3 amide bonds. The number of primary amides is 1. The van der Waals surface area contributed by atoms with Crippen LogP contribution in [0.15, 0.2) is 48.5 Å². The summed E-state index contributed by atoms with van der Waals surface area (Å²) in [5.74, 6) is 0.453. The van der Waals surface area contributed by atoms with Crippen molar-refractivity contribution in [2.75, 3.05) is 10.6 Å². The van der Waals surface area contributed by atoms with Crippen LogP contribution in [-0.4, -0.2) is 11.9 Å². The summed E-state index contributed by atoms with van der Waals surface area (Å²) in [4.78, 5) is 23.3. The van der Waals surface area contributed by atoms with Crippen LogP contribution in [0, 0.1) is 0 Å². The quantitative estimate of drug-likeness (QED) is 0.768. The molecule has 130 valence electrons. The van der Waals surface area contributed by atoms with E-state index in [0.717, 1.165) is 0 Å². The molecule has 0 aromatic heterocycles. The normalized spacial score (nSPS) is 14.7. The number of rotatable bonds is 4. The van der Waals surface area contributed by atoms with E-state index in [9.17, 15) is 9.59 Å². The number of urea groups is 1. The van der Waals surface area contributed by atoms with Crippen LogP contribution < -0.4 is 16.4 Å². The zero-order valence-electron chi connectivity index (χ0n) is 14.1. The second-order valence-electron chi connectivity index (χ2n) is 6.48. The second kappa shape index (κ2) is 7.83. The van der Waals surface area contributed by atoms with Crippen LogP contribution in [0.4, 0.5) is 16.2 Å². The largest absolute Gasteiger partial charge is 0.351 e. The number of hydrogen-bond acceptors (Lipinski definition) is 2. The number of amides is 3. The van der Waals surface area contributed by atoms with E-state index in [-0.39, 0.29) is 5.91 Å². The Morgan fingerprint density at radius 2 is 1.52 bits per heavy atom. The first-order valence-corrected chi connectivity index (χ1v) is 8.69. The third-order valence-corrected chi connectivity index (χ3v) is 4.64. The first-order chi connectivity index (χ1) is 12.1. The second-order valence-corrected chi connectivity index (χ2v) is 6.48. The molecule has 0 spiro atoms. The number of anilines is 2. The molecular weight excluding hydrogens is 314 g/mol. The fraction of sp³-hybridized carbons (Fsp3) is 0.300. The number of carbonyl (C=O) groups is 2. The number of nitrogens with one attached hydrogen (secondary N) is 2. The van der Waals surface area contributed by atoms with Gasteiger partial charge >= 0.3 is 6.03 Å². The summed E-state index contributed by atoms with van der Waals surface area (Å²) < 4.78 is 0.